The minimum atomic E-state index is -4.65. The van der Waals surface area contributed by atoms with E-state index in [1.54, 1.807) is 24.3 Å². The molecule has 0 bridgehead atoms. The van der Waals surface area contributed by atoms with Crippen LogP contribution in [0.5, 0.6) is 5.75 Å². The van der Waals surface area contributed by atoms with E-state index in [4.69, 9.17) is 10.5 Å². The van der Waals surface area contributed by atoms with Gasteiger partial charge >= 0.3 is 6.18 Å². The molecule has 0 saturated carbocycles. The van der Waals surface area contributed by atoms with Crippen LogP contribution in [0.3, 0.4) is 0 Å². The fourth-order valence-corrected chi connectivity index (χ4v) is 1.51. The molecule has 0 radical (unpaired) electrons. The maximum absolute atomic E-state index is 12.6. The number of hydrogen-bond acceptors (Lipinski definition) is 5. The molecule has 1 heterocycles. The Hall–Kier alpha value is -2.51. The van der Waals surface area contributed by atoms with Gasteiger partial charge in [0.05, 0.1) is 7.11 Å². The van der Waals surface area contributed by atoms with Crippen molar-refractivity contribution in [2.75, 3.05) is 18.2 Å². The van der Waals surface area contributed by atoms with E-state index < -0.39 is 12.0 Å². The monoisotopic (exact) mass is 284 g/mol. The second-order valence-electron chi connectivity index (χ2n) is 3.86. The molecule has 5 nitrogen and oxygen atoms in total. The van der Waals surface area contributed by atoms with Crippen LogP contribution < -0.4 is 15.8 Å². The van der Waals surface area contributed by atoms with E-state index in [2.05, 4.69) is 15.3 Å². The summed E-state index contributed by atoms with van der Waals surface area (Å²) in [6.45, 7) is 0. The zero-order valence-electron chi connectivity index (χ0n) is 10.4. The normalized spacial score (nSPS) is 11.2. The number of hydrogen-bond donors (Lipinski definition) is 2. The summed E-state index contributed by atoms with van der Waals surface area (Å²) in [7, 11) is 1.49. The average Bonchev–Trinajstić information content (AvgIpc) is 2.37. The number of nitrogens with one attached hydrogen (secondary N) is 1. The van der Waals surface area contributed by atoms with Crippen LogP contribution in [0.2, 0.25) is 0 Å². The van der Waals surface area contributed by atoms with Gasteiger partial charge in [0.25, 0.3) is 0 Å². The number of rotatable bonds is 3. The van der Waals surface area contributed by atoms with Crippen LogP contribution >= 0.6 is 0 Å². The molecule has 0 spiro atoms. The first-order chi connectivity index (χ1) is 9.38. The summed E-state index contributed by atoms with van der Waals surface area (Å²) >= 11 is 0. The summed E-state index contributed by atoms with van der Waals surface area (Å²) in [4.78, 5) is 6.55. The molecule has 8 heteroatoms. The third kappa shape index (κ3) is 3.28. The Bertz CT molecular complexity index is 616. The van der Waals surface area contributed by atoms with Gasteiger partial charge in [-0.25, -0.2) is 9.97 Å². The topological polar surface area (TPSA) is 73.1 Å². The standard InChI is InChI=1S/C12H11F3N4O/c1-20-8-4-2-3-7(5-8)17-10-6-9(16)18-11(19-10)12(13,14)15/h2-6H,1H3,(H3,16,17,18,19). The van der Waals surface area contributed by atoms with E-state index in [-0.39, 0.29) is 11.6 Å². The van der Waals surface area contributed by atoms with Crippen molar-refractivity contribution in [3.63, 3.8) is 0 Å². The van der Waals surface area contributed by atoms with Crippen molar-refractivity contribution in [1.82, 2.24) is 9.97 Å². The van der Waals surface area contributed by atoms with Crippen LogP contribution in [0.15, 0.2) is 30.3 Å². The smallest absolute Gasteiger partial charge is 0.451 e. The van der Waals surface area contributed by atoms with E-state index in [1.165, 1.54) is 13.2 Å². The lowest BCUT2D eigenvalue weighted by atomic mass is 10.3. The van der Waals surface area contributed by atoms with Crippen molar-refractivity contribution in [2.24, 2.45) is 0 Å². The third-order valence-electron chi connectivity index (χ3n) is 2.34. The van der Waals surface area contributed by atoms with Crippen molar-refractivity contribution >= 4 is 17.3 Å². The highest BCUT2D eigenvalue weighted by Crippen LogP contribution is 2.28. The molecule has 106 valence electrons. The number of alkyl halides is 3. The Kier molecular flexibility index (Phi) is 3.64. The lowest BCUT2D eigenvalue weighted by molar-refractivity contribution is -0.144. The molecule has 2 rings (SSSR count). The van der Waals surface area contributed by atoms with Gasteiger partial charge in [-0.05, 0) is 12.1 Å². The Morgan fingerprint density at radius 2 is 1.95 bits per heavy atom. The number of aromatic nitrogens is 2. The van der Waals surface area contributed by atoms with Gasteiger partial charge in [0.1, 0.15) is 17.4 Å². The minimum absolute atomic E-state index is 0.0434. The zero-order valence-corrected chi connectivity index (χ0v) is 10.4. The van der Waals surface area contributed by atoms with E-state index in [0.29, 0.717) is 11.4 Å². The molecule has 0 saturated heterocycles. The van der Waals surface area contributed by atoms with Gasteiger partial charge in [0.15, 0.2) is 0 Å². The van der Waals surface area contributed by atoms with Gasteiger partial charge in [-0.3, -0.25) is 0 Å². The molecule has 0 aliphatic rings. The second kappa shape index (κ2) is 5.24. The number of nitrogen functional groups attached to an aromatic ring is 1. The lowest BCUT2D eigenvalue weighted by Gasteiger charge is -2.10. The Labute approximate surface area is 112 Å². The third-order valence-corrected chi connectivity index (χ3v) is 2.34. The highest BCUT2D eigenvalue weighted by Gasteiger charge is 2.35. The average molecular weight is 284 g/mol. The van der Waals surface area contributed by atoms with Crippen LogP contribution in [0.1, 0.15) is 5.82 Å². The molecule has 20 heavy (non-hydrogen) atoms. The largest absolute Gasteiger partial charge is 0.497 e. The van der Waals surface area contributed by atoms with Gasteiger partial charge in [-0.1, -0.05) is 6.07 Å². The molecule has 1 aromatic heterocycles. The van der Waals surface area contributed by atoms with Crippen molar-refractivity contribution in [3.8, 4) is 5.75 Å². The van der Waals surface area contributed by atoms with Crippen LogP contribution in [0, 0.1) is 0 Å². The van der Waals surface area contributed by atoms with Gasteiger partial charge < -0.3 is 15.8 Å². The van der Waals surface area contributed by atoms with Gasteiger partial charge in [0.2, 0.25) is 5.82 Å². The molecule has 1 aromatic carbocycles. The maximum Gasteiger partial charge on any atom is 0.451 e. The fourth-order valence-electron chi connectivity index (χ4n) is 1.51. The highest BCUT2D eigenvalue weighted by atomic mass is 19.4. The van der Waals surface area contributed by atoms with Crippen molar-refractivity contribution in [3.05, 3.63) is 36.2 Å². The highest BCUT2D eigenvalue weighted by molar-refractivity contribution is 5.60. The molecular formula is C12H11F3N4O. The molecule has 0 amide bonds. The minimum Gasteiger partial charge on any atom is -0.497 e. The van der Waals surface area contributed by atoms with Crippen LogP contribution in [0.4, 0.5) is 30.5 Å². The quantitative estimate of drug-likeness (QED) is 0.906. The first-order valence-electron chi connectivity index (χ1n) is 5.51. The summed E-state index contributed by atoms with van der Waals surface area (Å²) in [5, 5.41) is 2.72. The zero-order chi connectivity index (χ0) is 14.8. The molecule has 2 aromatic rings. The Morgan fingerprint density at radius 1 is 1.20 bits per heavy atom. The van der Waals surface area contributed by atoms with E-state index in [0.717, 1.165) is 0 Å². The summed E-state index contributed by atoms with van der Waals surface area (Å²) in [5.74, 6) is -1.04. The SMILES string of the molecule is COc1cccc(Nc2cc(N)nc(C(F)(F)F)n2)c1. The van der Waals surface area contributed by atoms with Gasteiger partial charge in [-0.15, -0.1) is 0 Å². The lowest BCUT2D eigenvalue weighted by Crippen LogP contribution is -2.13. The first kappa shape index (κ1) is 13.9. The molecule has 0 atom stereocenters. The number of halogens is 3. The van der Waals surface area contributed by atoms with E-state index in [9.17, 15) is 13.2 Å². The molecule has 0 unspecified atom stereocenters. The van der Waals surface area contributed by atoms with Gasteiger partial charge in [-0.2, -0.15) is 13.2 Å². The summed E-state index contributed by atoms with van der Waals surface area (Å²) in [5.41, 5.74) is 5.87. The molecule has 3 N–H and O–H groups in total. The van der Waals surface area contributed by atoms with Crippen LogP contribution in [-0.2, 0) is 6.18 Å². The molecule has 0 aliphatic carbocycles. The van der Waals surface area contributed by atoms with Crippen molar-refractivity contribution in [1.29, 1.82) is 0 Å². The van der Waals surface area contributed by atoms with E-state index in [1.807, 2.05) is 0 Å². The molecule has 0 aliphatic heterocycles. The second-order valence-corrected chi connectivity index (χ2v) is 3.86. The van der Waals surface area contributed by atoms with Crippen molar-refractivity contribution < 1.29 is 17.9 Å². The van der Waals surface area contributed by atoms with Crippen molar-refractivity contribution in [2.45, 2.75) is 6.18 Å². The Balaban J connectivity index is 2.31. The summed E-state index contributed by atoms with van der Waals surface area (Å²) in [6, 6.07) is 7.89. The first-order valence-corrected chi connectivity index (χ1v) is 5.51. The van der Waals surface area contributed by atoms with Gasteiger partial charge in [0, 0.05) is 17.8 Å². The summed E-state index contributed by atoms with van der Waals surface area (Å²) < 4.78 is 42.7. The van der Waals surface area contributed by atoms with E-state index >= 15 is 0 Å². The van der Waals surface area contributed by atoms with Crippen LogP contribution in [-0.4, -0.2) is 17.1 Å². The Morgan fingerprint density at radius 3 is 2.60 bits per heavy atom. The molecular weight excluding hydrogens is 273 g/mol. The number of ether oxygens (including phenoxy) is 1. The number of nitrogens with zero attached hydrogens (tertiary/aromatic N) is 2. The number of benzene rings is 1. The molecule has 0 fully saturated rings. The number of methoxy groups -OCH3 is 1. The fraction of sp³-hybridized carbons (Fsp3) is 0.167. The predicted octanol–water partition coefficient (Wildman–Crippen LogP) is 2.83. The summed E-state index contributed by atoms with van der Waals surface area (Å²) in [6.07, 6.45) is -4.65. The maximum atomic E-state index is 12.6. The van der Waals surface area contributed by atoms with Crippen LogP contribution in [0.25, 0.3) is 0 Å². The number of anilines is 3. The predicted molar refractivity (Wildman–Crippen MR) is 67.7 cm³/mol. The number of nitrogens with two attached hydrogens (primary N) is 1.